The molecule has 0 unspecified atom stereocenters. The summed E-state index contributed by atoms with van der Waals surface area (Å²) in [5, 5.41) is 8.75. The highest BCUT2D eigenvalue weighted by atomic mass is 19.1. The van der Waals surface area contributed by atoms with Crippen LogP contribution in [0.15, 0.2) is 24.8 Å². The van der Waals surface area contributed by atoms with Crippen molar-refractivity contribution >= 4 is 0 Å². The van der Waals surface area contributed by atoms with Crippen molar-refractivity contribution in [3.05, 3.63) is 47.5 Å². The van der Waals surface area contributed by atoms with Crippen LogP contribution in [0.4, 0.5) is 8.78 Å². The van der Waals surface area contributed by atoms with Crippen LogP contribution in [0.5, 0.6) is 0 Å². The van der Waals surface area contributed by atoms with Gasteiger partial charge in [0.15, 0.2) is 6.29 Å². The fourth-order valence-electron chi connectivity index (χ4n) is 4.20. The van der Waals surface area contributed by atoms with E-state index in [0.717, 1.165) is 36.8 Å². The van der Waals surface area contributed by atoms with E-state index in [2.05, 4.69) is 6.58 Å². The molecule has 0 N–H and O–H groups in total. The van der Waals surface area contributed by atoms with Crippen LogP contribution in [0, 0.1) is 40.7 Å². The second-order valence-electron chi connectivity index (χ2n) is 7.82. The number of hydrogen-bond acceptors (Lipinski definition) is 3. The molecular formula is C22H27F2NO2. The molecule has 1 aliphatic heterocycles. The Kier molecular flexibility index (Phi) is 6.98. The Labute approximate surface area is 160 Å². The standard InChI is InChI=1S/C22H27F2NO2/c1-2-3-15-4-6-16(7-5-15)8-9-17-13-26-22(27-14-17)18-10-20(23)19(12-25)21(24)11-18/h2,10-11,15-17,22H,1,3-9,13-14H2/t15-,16-,17-,22-. The molecule has 5 heteroatoms. The molecule has 1 aromatic rings. The first kappa shape index (κ1) is 20.0. The highest BCUT2D eigenvalue weighted by Crippen LogP contribution is 2.35. The second-order valence-corrected chi connectivity index (χ2v) is 7.82. The van der Waals surface area contributed by atoms with Crippen molar-refractivity contribution in [1.82, 2.24) is 0 Å². The third-order valence-corrected chi connectivity index (χ3v) is 5.86. The fraction of sp³-hybridized carbons (Fsp3) is 0.591. The average molecular weight is 375 g/mol. The van der Waals surface area contributed by atoms with E-state index in [1.54, 1.807) is 0 Å². The van der Waals surface area contributed by atoms with Gasteiger partial charge in [-0.3, -0.25) is 0 Å². The maximum absolute atomic E-state index is 13.8. The molecule has 1 saturated carbocycles. The van der Waals surface area contributed by atoms with Crippen molar-refractivity contribution in [3.63, 3.8) is 0 Å². The van der Waals surface area contributed by atoms with Gasteiger partial charge in [-0.2, -0.15) is 5.26 Å². The maximum atomic E-state index is 13.8. The third-order valence-electron chi connectivity index (χ3n) is 5.86. The summed E-state index contributed by atoms with van der Waals surface area (Å²) in [6.07, 6.45) is 9.81. The van der Waals surface area contributed by atoms with Gasteiger partial charge in [-0.25, -0.2) is 8.78 Å². The molecule has 0 amide bonds. The van der Waals surface area contributed by atoms with Crippen molar-refractivity contribution in [2.24, 2.45) is 17.8 Å². The Morgan fingerprint density at radius 2 is 1.56 bits per heavy atom. The zero-order chi connectivity index (χ0) is 19.2. The van der Waals surface area contributed by atoms with Crippen molar-refractivity contribution < 1.29 is 18.3 Å². The summed E-state index contributed by atoms with van der Waals surface area (Å²) >= 11 is 0. The number of rotatable bonds is 6. The third kappa shape index (κ3) is 5.15. The molecule has 1 aromatic carbocycles. The molecule has 0 radical (unpaired) electrons. The van der Waals surface area contributed by atoms with E-state index < -0.39 is 23.5 Å². The molecule has 146 valence electrons. The summed E-state index contributed by atoms with van der Waals surface area (Å²) in [6.45, 7) is 4.89. The van der Waals surface area contributed by atoms with E-state index >= 15 is 0 Å². The lowest BCUT2D eigenvalue weighted by molar-refractivity contribution is -0.206. The Morgan fingerprint density at radius 1 is 1.00 bits per heavy atom. The minimum Gasteiger partial charge on any atom is -0.348 e. The smallest absolute Gasteiger partial charge is 0.184 e. The summed E-state index contributed by atoms with van der Waals surface area (Å²) in [6, 6.07) is 3.76. The second kappa shape index (κ2) is 9.43. The lowest BCUT2D eigenvalue weighted by atomic mass is 9.78. The van der Waals surface area contributed by atoms with Gasteiger partial charge in [0.2, 0.25) is 0 Å². The van der Waals surface area contributed by atoms with Gasteiger partial charge in [0, 0.05) is 11.5 Å². The molecule has 1 heterocycles. The molecule has 0 bridgehead atoms. The predicted molar refractivity (Wildman–Crippen MR) is 98.7 cm³/mol. The van der Waals surface area contributed by atoms with Crippen LogP contribution in [-0.2, 0) is 9.47 Å². The first-order chi connectivity index (χ1) is 13.1. The normalized spacial score (nSPS) is 28.5. The Morgan fingerprint density at radius 3 is 2.11 bits per heavy atom. The zero-order valence-electron chi connectivity index (χ0n) is 15.6. The van der Waals surface area contributed by atoms with Crippen LogP contribution in [-0.4, -0.2) is 13.2 Å². The Hall–Kier alpha value is -1.77. The van der Waals surface area contributed by atoms with Crippen LogP contribution in [0.2, 0.25) is 0 Å². The lowest BCUT2D eigenvalue weighted by Crippen LogP contribution is -2.28. The van der Waals surface area contributed by atoms with Crippen LogP contribution in [0.25, 0.3) is 0 Å². The summed E-state index contributed by atoms with van der Waals surface area (Å²) in [4.78, 5) is 0. The van der Waals surface area contributed by atoms with Crippen molar-refractivity contribution in [2.75, 3.05) is 13.2 Å². The lowest BCUT2D eigenvalue weighted by Gasteiger charge is -2.32. The van der Waals surface area contributed by atoms with Crippen molar-refractivity contribution in [3.8, 4) is 6.07 Å². The zero-order valence-corrected chi connectivity index (χ0v) is 15.6. The minimum absolute atomic E-state index is 0.281. The minimum atomic E-state index is -0.881. The number of allylic oxidation sites excluding steroid dienone is 1. The molecule has 2 fully saturated rings. The van der Waals surface area contributed by atoms with E-state index in [4.69, 9.17) is 14.7 Å². The molecule has 0 aromatic heterocycles. The van der Waals surface area contributed by atoms with Crippen LogP contribution in [0.1, 0.15) is 62.4 Å². The first-order valence-corrected chi connectivity index (χ1v) is 9.83. The topological polar surface area (TPSA) is 42.2 Å². The van der Waals surface area contributed by atoms with Gasteiger partial charge in [-0.05, 0) is 49.7 Å². The van der Waals surface area contributed by atoms with E-state index in [1.807, 2.05) is 6.08 Å². The van der Waals surface area contributed by atoms with Gasteiger partial charge in [-0.15, -0.1) is 6.58 Å². The van der Waals surface area contributed by atoms with E-state index in [1.165, 1.54) is 38.2 Å². The van der Waals surface area contributed by atoms with Crippen molar-refractivity contribution in [2.45, 2.75) is 51.2 Å². The van der Waals surface area contributed by atoms with E-state index in [-0.39, 0.29) is 5.56 Å². The summed E-state index contributed by atoms with van der Waals surface area (Å²) in [5.41, 5.74) is -0.293. The van der Waals surface area contributed by atoms with Gasteiger partial charge in [0.1, 0.15) is 23.3 Å². The largest absolute Gasteiger partial charge is 0.348 e. The Balaban J connectivity index is 1.43. The van der Waals surface area contributed by atoms with Crippen LogP contribution < -0.4 is 0 Å². The van der Waals surface area contributed by atoms with Gasteiger partial charge in [0.25, 0.3) is 0 Å². The number of nitriles is 1. The molecule has 2 aliphatic rings. The quantitative estimate of drug-likeness (QED) is 0.603. The number of halogens is 2. The van der Waals surface area contributed by atoms with Crippen LogP contribution >= 0.6 is 0 Å². The van der Waals surface area contributed by atoms with Gasteiger partial charge >= 0.3 is 0 Å². The van der Waals surface area contributed by atoms with E-state index in [9.17, 15) is 8.78 Å². The predicted octanol–water partition coefficient (Wildman–Crippen LogP) is 5.66. The maximum Gasteiger partial charge on any atom is 0.184 e. The highest BCUT2D eigenvalue weighted by molar-refractivity contribution is 5.35. The number of hydrogen-bond donors (Lipinski definition) is 0. The number of nitrogens with zero attached hydrogens (tertiary/aromatic N) is 1. The number of benzene rings is 1. The SMILES string of the molecule is C=CC[C@H]1CC[C@H](CC[C@H]2CO[C@H](c3cc(F)c(C#N)c(F)c3)OC2)CC1. The number of ether oxygens (including phenoxy) is 2. The molecule has 3 rings (SSSR count). The average Bonchev–Trinajstić information content (AvgIpc) is 2.68. The molecule has 1 saturated heterocycles. The summed E-state index contributed by atoms with van der Waals surface area (Å²) < 4.78 is 38.9. The van der Waals surface area contributed by atoms with E-state index in [0.29, 0.717) is 19.1 Å². The summed E-state index contributed by atoms with van der Waals surface area (Å²) in [7, 11) is 0. The molecule has 1 aliphatic carbocycles. The monoisotopic (exact) mass is 375 g/mol. The molecular weight excluding hydrogens is 348 g/mol. The van der Waals surface area contributed by atoms with Crippen molar-refractivity contribution in [1.29, 1.82) is 5.26 Å². The van der Waals surface area contributed by atoms with Gasteiger partial charge in [-0.1, -0.05) is 25.3 Å². The highest BCUT2D eigenvalue weighted by Gasteiger charge is 2.27. The molecule has 27 heavy (non-hydrogen) atoms. The summed E-state index contributed by atoms with van der Waals surface area (Å²) in [5.74, 6) is 0.155. The molecule has 0 atom stereocenters. The first-order valence-electron chi connectivity index (χ1n) is 9.83. The molecule has 0 spiro atoms. The molecule has 3 nitrogen and oxygen atoms in total. The fourth-order valence-corrected chi connectivity index (χ4v) is 4.20. The van der Waals surface area contributed by atoms with Gasteiger partial charge < -0.3 is 9.47 Å². The van der Waals surface area contributed by atoms with Crippen LogP contribution in [0.3, 0.4) is 0 Å². The Bertz CT molecular complexity index is 661. The van der Waals surface area contributed by atoms with Gasteiger partial charge in [0.05, 0.1) is 13.2 Å².